The van der Waals surface area contributed by atoms with E-state index in [0.29, 0.717) is 11.7 Å². The molecular formula is C16H18FN3OS. The molecule has 1 atom stereocenters. The van der Waals surface area contributed by atoms with Gasteiger partial charge in [-0.3, -0.25) is 9.69 Å². The molecular weight excluding hydrogens is 301 g/mol. The summed E-state index contributed by atoms with van der Waals surface area (Å²) >= 11 is 1.42. The van der Waals surface area contributed by atoms with Crippen molar-refractivity contribution in [1.82, 2.24) is 9.88 Å². The van der Waals surface area contributed by atoms with Crippen molar-refractivity contribution in [3.05, 3.63) is 46.7 Å². The highest BCUT2D eigenvalue weighted by Crippen LogP contribution is 2.31. The lowest BCUT2D eigenvalue weighted by molar-refractivity contribution is -0.117. The van der Waals surface area contributed by atoms with Gasteiger partial charge >= 0.3 is 0 Å². The SMILES string of the molecule is Cc1csc(NC(=O)CN2CCC[C@H]2c2cccc(F)c2)n1. The van der Waals surface area contributed by atoms with Gasteiger partial charge in [0.25, 0.3) is 0 Å². The van der Waals surface area contributed by atoms with Gasteiger partial charge in [-0.05, 0) is 44.0 Å². The van der Waals surface area contributed by atoms with Crippen molar-refractivity contribution in [3.63, 3.8) is 0 Å². The van der Waals surface area contributed by atoms with Crippen LogP contribution in [0.1, 0.15) is 30.1 Å². The summed E-state index contributed by atoms with van der Waals surface area (Å²) in [6.45, 7) is 3.05. The van der Waals surface area contributed by atoms with Gasteiger partial charge in [-0.15, -0.1) is 11.3 Å². The zero-order valence-electron chi connectivity index (χ0n) is 12.4. The molecule has 2 aromatic rings. The average molecular weight is 319 g/mol. The van der Waals surface area contributed by atoms with Gasteiger partial charge in [-0.25, -0.2) is 9.37 Å². The van der Waals surface area contributed by atoms with Crippen molar-refractivity contribution >= 4 is 22.4 Å². The van der Waals surface area contributed by atoms with E-state index >= 15 is 0 Å². The number of hydrogen-bond donors (Lipinski definition) is 1. The van der Waals surface area contributed by atoms with E-state index in [9.17, 15) is 9.18 Å². The van der Waals surface area contributed by atoms with Crippen LogP contribution in [0.5, 0.6) is 0 Å². The Balaban J connectivity index is 1.64. The molecule has 1 saturated heterocycles. The highest BCUT2D eigenvalue weighted by molar-refractivity contribution is 7.13. The van der Waals surface area contributed by atoms with Crippen molar-refractivity contribution < 1.29 is 9.18 Å². The fourth-order valence-electron chi connectivity index (χ4n) is 2.86. The predicted octanol–water partition coefficient (Wildman–Crippen LogP) is 3.37. The maximum absolute atomic E-state index is 13.4. The second kappa shape index (κ2) is 6.54. The molecule has 0 spiro atoms. The van der Waals surface area contributed by atoms with Crippen LogP contribution in [0.15, 0.2) is 29.6 Å². The highest BCUT2D eigenvalue weighted by atomic mass is 32.1. The van der Waals surface area contributed by atoms with Crippen molar-refractivity contribution in [1.29, 1.82) is 0 Å². The summed E-state index contributed by atoms with van der Waals surface area (Å²) in [7, 11) is 0. The molecule has 1 aliphatic rings. The molecule has 6 heteroatoms. The first-order valence-corrected chi connectivity index (χ1v) is 8.21. The number of carbonyl (C=O) groups is 1. The average Bonchev–Trinajstić information content (AvgIpc) is 3.08. The van der Waals surface area contributed by atoms with Crippen LogP contribution in [0, 0.1) is 12.7 Å². The van der Waals surface area contributed by atoms with Gasteiger partial charge < -0.3 is 5.32 Å². The maximum Gasteiger partial charge on any atom is 0.240 e. The van der Waals surface area contributed by atoms with Gasteiger partial charge in [-0.1, -0.05) is 12.1 Å². The molecule has 3 rings (SSSR count). The number of thiazole rings is 1. The molecule has 1 N–H and O–H groups in total. The van der Waals surface area contributed by atoms with Gasteiger partial charge in [0.2, 0.25) is 5.91 Å². The maximum atomic E-state index is 13.4. The summed E-state index contributed by atoms with van der Waals surface area (Å²) in [5.74, 6) is -0.301. The topological polar surface area (TPSA) is 45.2 Å². The van der Waals surface area contributed by atoms with Gasteiger partial charge in [-0.2, -0.15) is 0 Å². The smallest absolute Gasteiger partial charge is 0.240 e. The van der Waals surface area contributed by atoms with Crippen LogP contribution >= 0.6 is 11.3 Å². The Morgan fingerprint density at radius 1 is 1.55 bits per heavy atom. The number of aromatic nitrogens is 1. The lowest BCUT2D eigenvalue weighted by Crippen LogP contribution is -2.32. The van der Waals surface area contributed by atoms with Crippen LogP contribution in [-0.4, -0.2) is 28.9 Å². The Morgan fingerprint density at radius 2 is 2.41 bits per heavy atom. The molecule has 22 heavy (non-hydrogen) atoms. The van der Waals surface area contributed by atoms with Crippen LogP contribution in [0.25, 0.3) is 0 Å². The lowest BCUT2D eigenvalue weighted by Gasteiger charge is -2.24. The van der Waals surface area contributed by atoms with Crippen molar-refractivity contribution in [2.45, 2.75) is 25.8 Å². The number of benzene rings is 1. The second-order valence-corrected chi connectivity index (χ2v) is 6.38. The van der Waals surface area contributed by atoms with E-state index in [2.05, 4.69) is 15.2 Å². The number of carbonyl (C=O) groups excluding carboxylic acids is 1. The fourth-order valence-corrected chi connectivity index (χ4v) is 3.57. The first kappa shape index (κ1) is 15.1. The zero-order valence-corrected chi connectivity index (χ0v) is 13.2. The Kier molecular flexibility index (Phi) is 4.49. The van der Waals surface area contributed by atoms with E-state index in [1.165, 1.54) is 17.4 Å². The number of nitrogens with zero attached hydrogens (tertiary/aromatic N) is 2. The lowest BCUT2D eigenvalue weighted by atomic mass is 10.0. The predicted molar refractivity (Wildman–Crippen MR) is 85.4 cm³/mol. The number of hydrogen-bond acceptors (Lipinski definition) is 4. The first-order valence-electron chi connectivity index (χ1n) is 7.33. The van der Waals surface area contributed by atoms with Crippen LogP contribution < -0.4 is 5.32 Å². The van der Waals surface area contributed by atoms with Crippen LogP contribution in [-0.2, 0) is 4.79 Å². The van der Waals surface area contributed by atoms with Crippen LogP contribution in [0.2, 0.25) is 0 Å². The van der Waals surface area contributed by atoms with Crippen molar-refractivity contribution in [3.8, 4) is 0 Å². The molecule has 1 aromatic carbocycles. The summed E-state index contributed by atoms with van der Waals surface area (Å²) in [6, 6.07) is 6.76. The number of halogens is 1. The highest BCUT2D eigenvalue weighted by Gasteiger charge is 2.27. The number of anilines is 1. The summed E-state index contributed by atoms with van der Waals surface area (Å²) in [5, 5.41) is 5.36. The van der Waals surface area contributed by atoms with E-state index < -0.39 is 0 Å². The standard InChI is InChI=1S/C16H18FN3OS/c1-11-10-22-16(18-11)19-15(21)9-20-7-3-6-14(20)12-4-2-5-13(17)8-12/h2,4-5,8,10,14H,3,6-7,9H2,1H3,(H,18,19,21)/t14-/m0/s1. The minimum atomic E-state index is -0.230. The molecule has 116 valence electrons. The summed E-state index contributed by atoms with van der Waals surface area (Å²) in [4.78, 5) is 18.5. The van der Waals surface area contributed by atoms with Crippen molar-refractivity contribution in [2.24, 2.45) is 0 Å². The molecule has 0 bridgehead atoms. The number of likely N-dealkylation sites (tertiary alicyclic amines) is 1. The van der Waals surface area contributed by atoms with Crippen molar-refractivity contribution in [2.75, 3.05) is 18.4 Å². The van der Waals surface area contributed by atoms with Gasteiger partial charge in [0, 0.05) is 11.4 Å². The van der Waals surface area contributed by atoms with Gasteiger partial charge in [0.1, 0.15) is 5.82 Å². The molecule has 4 nitrogen and oxygen atoms in total. The van der Waals surface area contributed by atoms with E-state index in [1.54, 1.807) is 12.1 Å². The summed E-state index contributed by atoms with van der Waals surface area (Å²) < 4.78 is 13.4. The molecule has 2 heterocycles. The second-order valence-electron chi connectivity index (χ2n) is 5.53. The third-order valence-electron chi connectivity index (χ3n) is 3.81. The minimum Gasteiger partial charge on any atom is -0.301 e. The molecule has 0 unspecified atom stereocenters. The minimum absolute atomic E-state index is 0.0716. The summed E-state index contributed by atoms with van der Waals surface area (Å²) in [6.07, 6.45) is 1.97. The third kappa shape index (κ3) is 3.51. The monoisotopic (exact) mass is 319 g/mol. The molecule has 1 aromatic heterocycles. The molecule has 1 aliphatic heterocycles. The fraction of sp³-hybridized carbons (Fsp3) is 0.375. The van der Waals surface area contributed by atoms with Crippen LogP contribution in [0.3, 0.4) is 0 Å². The third-order valence-corrected chi connectivity index (χ3v) is 4.68. The molecule has 0 radical (unpaired) electrons. The van der Waals surface area contributed by atoms with E-state index in [-0.39, 0.29) is 17.8 Å². The Bertz CT molecular complexity index is 673. The van der Waals surface area contributed by atoms with E-state index in [1.807, 2.05) is 18.4 Å². The Morgan fingerprint density at radius 3 is 3.14 bits per heavy atom. The van der Waals surface area contributed by atoms with Crippen LogP contribution in [0.4, 0.5) is 9.52 Å². The number of amides is 1. The Hall–Kier alpha value is -1.79. The number of aryl methyl sites for hydroxylation is 1. The van der Waals surface area contributed by atoms with Gasteiger partial charge in [0.15, 0.2) is 5.13 Å². The normalized spacial score (nSPS) is 18.5. The Labute approximate surface area is 133 Å². The largest absolute Gasteiger partial charge is 0.301 e. The summed E-state index contributed by atoms with van der Waals surface area (Å²) in [5.41, 5.74) is 1.84. The molecule has 1 fully saturated rings. The molecule has 1 amide bonds. The zero-order chi connectivity index (χ0) is 15.5. The number of rotatable bonds is 4. The number of nitrogens with one attached hydrogen (secondary N) is 1. The quantitative estimate of drug-likeness (QED) is 0.940. The first-order chi connectivity index (χ1) is 10.6. The molecule has 0 saturated carbocycles. The van der Waals surface area contributed by atoms with E-state index in [0.717, 1.165) is 30.6 Å². The van der Waals surface area contributed by atoms with Gasteiger partial charge in [0.05, 0.1) is 12.2 Å². The molecule has 0 aliphatic carbocycles. The van der Waals surface area contributed by atoms with E-state index in [4.69, 9.17) is 0 Å².